The van der Waals surface area contributed by atoms with E-state index in [4.69, 9.17) is 0 Å². The van der Waals surface area contributed by atoms with E-state index in [9.17, 15) is 9.59 Å². The van der Waals surface area contributed by atoms with E-state index in [0.29, 0.717) is 0 Å². The van der Waals surface area contributed by atoms with Crippen LogP contribution in [0.3, 0.4) is 0 Å². The monoisotopic (exact) mass is 146 g/mol. The molecule has 0 aliphatic rings. The lowest BCUT2D eigenvalue weighted by atomic mass is 10.9. The van der Waals surface area contributed by atoms with E-state index in [2.05, 4.69) is 9.47 Å². The Morgan fingerprint density at radius 1 is 1.60 bits per heavy atom. The van der Waals surface area contributed by atoms with Crippen molar-refractivity contribution in [1.82, 2.24) is 4.90 Å². The van der Waals surface area contributed by atoms with Gasteiger partial charge in [0.1, 0.15) is 0 Å². The summed E-state index contributed by atoms with van der Waals surface area (Å²) in [5.41, 5.74) is 0. The Morgan fingerprint density at radius 2 is 2.20 bits per heavy atom. The van der Waals surface area contributed by atoms with Gasteiger partial charge >= 0.3 is 12.6 Å². The molecule has 57 valence electrons. The molecule has 0 fully saturated rings. The molecule has 0 spiro atoms. The lowest BCUT2D eigenvalue weighted by Gasteiger charge is -2.08. The number of rotatable bonds is 3. The highest BCUT2D eigenvalue weighted by atomic mass is 16.7. The zero-order valence-corrected chi connectivity index (χ0v) is 5.79. The summed E-state index contributed by atoms with van der Waals surface area (Å²) in [6, 6.07) is 0. The van der Waals surface area contributed by atoms with Crippen LogP contribution in [0, 0.1) is 0 Å². The summed E-state index contributed by atoms with van der Waals surface area (Å²) in [6.45, 7) is 0.728. The summed E-state index contributed by atoms with van der Waals surface area (Å²) in [7, 11) is 3.04. The van der Waals surface area contributed by atoms with Gasteiger partial charge in [0.15, 0.2) is 0 Å². The predicted octanol–water partition coefficient (Wildman–Crippen LogP) is -0.274. The number of carbonyl (C=O) groups is 1. The molecule has 0 rings (SSSR count). The maximum Gasteiger partial charge on any atom is 0.420 e. The zero-order chi connectivity index (χ0) is 7.98. The SMILES string of the molecule is CN(C)C(=O)OCO[C]=O. The number of hydrogen-bond donors (Lipinski definition) is 0. The van der Waals surface area contributed by atoms with Gasteiger partial charge in [-0.05, 0) is 0 Å². The van der Waals surface area contributed by atoms with Gasteiger partial charge in [-0.1, -0.05) is 0 Å². The highest BCUT2D eigenvalue weighted by Crippen LogP contribution is 1.84. The van der Waals surface area contributed by atoms with Crippen molar-refractivity contribution in [2.45, 2.75) is 0 Å². The Labute approximate surface area is 58.5 Å². The van der Waals surface area contributed by atoms with Gasteiger partial charge in [0, 0.05) is 14.1 Å². The molecule has 5 heteroatoms. The lowest BCUT2D eigenvalue weighted by Crippen LogP contribution is -2.23. The van der Waals surface area contributed by atoms with Crippen LogP contribution >= 0.6 is 0 Å². The largest absolute Gasteiger partial charge is 0.420 e. The normalized spacial score (nSPS) is 8.20. The van der Waals surface area contributed by atoms with Crippen molar-refractivity contribution in [2.24, 2.45) is 0 Å². The lowest BCUT2D eigenvalue weighted by molar-refractivity contribution is 0.0351. The molecule has 0 atom stereocenters. The van der Waals surface area contributed by atoms with Crippen molar-refractivity contribution >= 4 is 12.6 Å². The number of carbonyl (C=O) groups excluding carboxylic acids is 2. The van der Waals surface area contributed by atoms with E-state index in [0.717, 1.165) is 6.47 Å². The van der Waals surface area contributed by atoms with E-state index in [-0.39, 0.29) is 6.79 Å². The summed E-state index contributed by atoms with van der Waals surface area (Å²) < 4.78 is 8.33. The molecule has 0 aromatic heterocycles. The third-order valence-corrected chi connectivity index (χ3v) is 0.665. The molecule has 0 aromatic rings. The molecule has 1 amide bonds. The molecule has 0 bridgehead atoms. The smallest absolute Gasteiger partial charge is 0.419 e. The standard InChI is InChI=1S/C5H8NO4/c1-6(2)5(8)10-4-9-3-7/h4H2,1-2H3. The van der Waals surface area contributed by atoms with E-state index in [1.165, 1.54) is 19.0 Å². The molecule has 10 heavy (non-hydrogen) atoms. The Morgan fingerprint density at radius 3 is 2.60 bits per heavy atom. The average molecular weight is 146 g/mol. The molecule has 0 aromatic carbocycles. The highest BCUT2D eigenvalue weighted by molar-refractivity contribution is 5.66. The fourth-order valence-electron chi connectivity index (χ4n) is 0.233. The Bertz CT molecular complexity index is 123. The molecular formula is C5H8NO4. The van der Waals surface area contributed by atoms with Crippen LogP contribution in [0.5, 0.6) is 0 Å². The zero-order valence-electron chi connectivity index (χ0n) is 5.79. The highest BCUT2D eigenvalue weighted by Gasteiger charge is 2.02. The van der Waals surface area contributed by atoms with Gasteiger partial charge in [0.2, 0.25) is 6.79 Å². The van der Waals surface area contributed by atoms with E-state index >= 15 is 0 Å². The third kappa shape index (κ3) is 3.71. The van der Waals surface area contributed by atoms with Gasteiger partial charge in [-0.25, -0.2) is 9.59 Å². The quantitative estimate of drug-likeness (QED) is 0.406. The number of ether oxygens (including phenoxy) is 2. The Balaban J connectivity index is 3.30. The van der Waals surface area contributed by atoms with Crippen molar-refractivity contribution in [3.63, 3.8) is 0 Å². The van der Waals surface area contributed by atoms with E-state index < -0.39 is 6.09 Å². The van der Waals surface area contributed by atoms with Crippen LogP contribution in [0.15, 0.2) is 0 Å². The summed E-state index contributed by atoms with van der Waals surface area (Å²) >= 11 is 0. The van der Waals surface area contributed by atoms with Crippen molar-refractivity contribution in [3.05, 3.63) is 0 Å². The maximum atomic E-state index is 10.5. The summed E-state index contributed by atoms with van der Waals surface area (Å²) in [5, 5.41) is 0. The third-order valence-electron chi connectivity index (χ3n) is 0.665. The van der Waals surface area contributed by atoms with Crippen LogP contribution in [0.2, 0.25) is 0 Å². The second-order valence-corrected chi connectivity index (χ2v) is 1.65. The summed E-state index contributed by atoms with van der Waals surface area (Å²) in [6.07, 6.45) is -0.560. The maximum absolute atomic E-state index is 10.5. The van der Waals surface area contributed by atoms with E-state index in [1.807, 2.05) is 0 Å². The minimum atomic E-state index is -0.560. The van der Waals surface area contributed by atoms with Gasteiger partial charge < -0.3 is 14.4 Å². The molecule has 0 unspecified atom stereocenters. The summed E-state index contributed by atoms with van der Waals surface area (Å²) in [5.74, 6) is 0. The fourth-order valence-corrected chi connectivity index (χ4v) is 0.233. The summed E-state index contributed by atoms with van der Waals surface area (Å²) in [4.78, 5) is 21.1. The molecule has 0 aliphatic carbocycles. The second kappa shape index (κ2) is 4.60. The first kappa shape index (κ1) is 8.74. The molecule has 0 saturated carbocycles. The van der Waals surface area contributed by atoms with Gasteiger partial charge in [-0.15, -0.1) is 0 Å². The number of hydrogen-bond acceptors (Lipinski definition) is 4. The molecule has 0 saturated heterocycles. The molecular weight excluding hydrogens is 138 g/mol. The average Bonchev–Trinajstić information content (AvgIpc) is 1.88. The van der Waals surface area contributed by atoms with Crippen LogP contribution < -0.4 is 0 Å². The van der Waals surface area contributed by atoms with E-state index in [1.54, 1.807) is 0 Å². The van der Waals surface area contributed by atoms with Gasteiger partial charge in [-0.2, -0.15) is 0 Å². The second-order valence-electron chi connectivity index (χ2n) is 1.65. The molecule has 0 heterocycles. The first-order valence-corrected chi connectivity index (χ1v) is 2.51. The van der Waals surface area contributed by atoms with Gasteiger partial charge in [0.05, 0.1) is 0 Å². The van der Waals surface area contributed by atoms with Crippen molar-refractivity contribution in [2.75, 3.05) is 20.9 Å². The van der Waals surface area contributed by atoms with Crippen LogP contribution in [-0.4, -0.2) is 38.4 Å². The minimum absolute atomic E-state index is 0.388. The molecule has 1 radical (unpaired) electrons. The molecule has 0 N–H and O–H groups in total. The van der Waals surface area contributed by atoms with Crippen LogP contribution in [0.1, 0.15) is 0 Å². The topological polar surface area (TPSA) is 55.8 Å². The number of amides is 1. The van der Waals surface area contributed by atoms with Crippen LogP contribution in [0.4, 0.5) is 4.79 Å². The van der Waals surface area contributed by atoms with Gasteiger partial charge in [-0.3, -0.25) is 0 Å². The predicted molar refractivity (Wildman–Crippen MR) is 31.8 cm³/mol. The number of nitrogens with zero attached hydrogens (tertiary/aromatic N) is 1. The van der Waals surface area contributed by atoms with Crippen molar-refractivity contribution in [3.8, 4) is 0 Å². The first-order valence-electron chi connectivity index (χ1n) is 2.51. The molecule has 0 aliphatic heterocycles. The van der Waals surface area contributed by atoms with Crippen LogP contribution in [0.25, 0.3) is 0 Å². The van der Waals surface area contributed by atoms with Crippen LogP contribution in [-0.2, 0) is 14.3 Å². The Hall–Kier alpha value is -1.26. The van der Waals surface area contributed by atoms with Crippen molar-refractivity contribution in [1.29, 1.82) is 0 Å². The van der Waals surface area contributed by atoms with Crippen molar-refractivity contribution < 1.29 is 19.1 Å². The first-order chi connectivity index (χ1) is 4.68. The minimum Gasteiger partial charge on any atom is -0.419 e. The Kier molecular flexibility index (Phi) is 4.02. The van der Waals surface area contributed by atoms with Gasteiger partial charge in [0.25, 0.3) is 0 Å². The fraction of sp³-hybridized carbons (Fsp3) is 0.600. The molecule has 5 nitrogen and oxygen atoms in total.